The number of amides is 1. The topological polar surface area (TPSA) is 90.9 Å². The van der Waals surface area contributed by atoms with Crippen LogP contribution in [0.2, 0.25) is 0 Å². The molecule has 1 rings (SSSR count). The highest BCUT2D eigenvalue weighted by Crippen LogP contribution is 2.27. The maximum absolute atomic E-state index is 12.3. The molecule has 120 valence electrons. The summed E-state index contributed by atoms with van der Waals surface area (Å²) in [6.45, 7) is 5.77. The van der Waals surface area contributed by atoms with Gasteiger partial charge >= 0.3 is 11.9 Å². The Hall–Kier alpha value is -1.63. The molecular formula is C14H23NO6. The zero-order valence-electron chi connectivity index (χ0n) is 12.8. The quantitative estimate of drug-likeness (QED) is 0.541. The van der Waals surface area contributed by atoms with Crippen LogP contribution in [0, 0.1) is 5.92 Å². The molecule has 1 amide bonds. The van der Waals surface area contributed by atoms with E-state index in [0.29, 0.717) is 13.2 Å². The summed E-state index contributed by atoms with van der Waals surface area (Å²) in [7, 11) is 0. The zero-order valence-corrected chi connectivity index (χ0v) is 12.8. The van der Waals surface area contributed by atoms with E-state index in [1.165, 1.54) is 6.92 Å². The largest absolute Gasteiger partial charge is 0.464 e. The van der Waals surface area contributed by atoms with Crippen molar-refractivity contribution in [1.29, 1.82) is 0 Å². The second-order valence-electron chi connectivity index (χ2n) is 4.96. The molecule has 0 spiro atoms. The predicted octanol–water partition coefficient (Wildman–Crippen LogP) is 0.414. The summed E-state index contributed by atoms with van der Waals surface area (Å²) in [6, 6.07) is 0. The second kappa shape index (κ2) is 7.97. The molecule has 0 aromatic rings. The first-order chi connectivity index (χ1) is 9.96. The molecule has 1 aliphatic rings. The first-order valence-electron chi connectivity index (χ1n) is 7.17. The third-order valence-electron chi connectivity index (χ3n) is 3.26. The van der Waals surface area contributed by atoms with Crippen molar-refractivity contribution in [3.05, 3.63) is 0 Å². The van der Waals surface area contributed by atoms with E-state index in [0.717, 1.165) is 6.42 Å². The molecule has 21 heavy (non-hydrogen) atoms. The molecular weight excluding hydrogens is 278 g/mol. The van der Waals surface area contributed by atoms with Crippen molar-refractivity contribution in [2.24, 2.45) is 5.92 Å². The van der Waals surface area contributed by atoms with Crippen LogP contribution >= 0.6 is 0 Å². The summed E-state index contributed by atoms with van der Waals surface area (Å²) in [6.07, 6.45) is 0.838. The van der Waals surface area contributed by atoms with Gasteiger partial charge in [-0.2, -0.15) is 0 Å². The summed E-state index contributed by atoms with van der Waals surface area (Å²) in [5, 5.41) is 2.45. The van der Waals surface area contributed by atoms with E-state index in [1.54, 1.807) is 13.8 Å². The van der Waals surface area contributed by atoms with Crippen molar-refractivity contribution in [2.45, 2.75) is 39.2 Å². The fourth-order valence-corrected chi connectivity index (χ4v) is 2.39. The Bertz CT molecular complexity index is 371. The molecule has 1 aliphatic heterocycles. The number of carbonyl (C=O) groups excluding carboxylic acids is 3. The number of rotatable bonds is 7. The van der Waals surface area contributed by atoms with Gasteiger partial charge in [-0.25, -0.2) is 9.59 Å². The average molecular weight is 301 g/mol. The molecule has 1 saturated heterocycles. The van der Waals surface area contributed by atoms with Crippen LogP contribution in [0.25, 0.3) is 0 Å². The molecule has 7 heteroatoms. The van der Waals surface area contributed by atoms with Crippen LogP contribution in [0.3, 0.4) is 0 Å². The predicted molar refractivity (Wildman–Crippen MR) is 73.4 cm³/mol. The van der Waals surface area contributed by atoms with Gasteiger partial charge in [0.2, 0.25) is 11.4 Å². The monoisotopic (exact) mass is 301 g/mol. The summed E-state index contributed by atoms with van der Waals surface area (Å²) in [5.74, 6) is -2.07. The van der Waals surface area contributed by atoms with E-state index in [2.05, 4.69) is 5.32 Å². The highest BCUT2D eigenvalue weighted by Gasteiger charge is 2.51. The fourth-order valence-electron chi connectivity index (χ4n) is 2.39. The van der Waals surface area contributed by atoms with Crippen LogP contribution in [0.1, 0.15) is 33.6 Å². The zero-order chi connectivity index (χ0) is 15.9. The molecule has 1 N–H and O–H groups in total. The van der Waals surface area contributed by atoms with Crippen molar-refractivity contribution in [3.63, 3.8) is 0 Å². The van der Waals surface area contributed by atoms with Gasteiger partial charge < -0.3 is 19.5 Å². The lowest BCUT2D eigenvalue weighted by atomic mass is 9.86. The standard InChI is InChI=1S/C14H23NO6/c1-4-20-12(17)14(15-10(3)16,13(18)21-5-2)8-11-6-7-19-9-11/h11H,4-9H2,1-3H3,(H,15,16). The van der Waals surface area contributed by atoms with Crippen LogP contribution < -0.4 is 5.32 Å². The van der Waals surface area contributed by atoms with Gasteiger partial charge in [0.25, 0.3) is 0 Å². The van der Waals surface area contributed by atoms with Crippen LogP contribution in [-0.2, 0) is 28.6 Å². The molecule has 0 aliphatic carbocycles. The third kappa shape index (κ3) is 4.42. The molecule has 0 radical (unpaired) electrons. The lowest BCUT2D eigenvalue weighted by Gasteiger charge is -2.31. The Kier molecular flexibility index (Phi) is 6.61. The molecule has 0 aromatic heterocycles. The second-order valence-corrected chi connectivity index (χ2v) is 4.96. The van der Waals surface area contributed by atoms with E-state index in [-0.39, 0.29) is 25.6 Å². The SMILES string of the molecule is CCOC(=O)C(CC1CCOC1)(NC(C)=O)C(=O)OCC. The highest BCUT2D eigenvalue weighted by molar-refractivity contribution is 6.07. The van der Waals surface area contributed by atoms with Gasteiger partial charge in [-0.1, -0.05) is 0 Å². The summed E-state index contributed by atoms with van der Waals surface area (Å²) in [5.41, 5.74) is -1.80. The van der Waals surface area contributed by atoms with Gasteiger partial charge in [0.1, 0.15) is 0 Å². The fraction of sp³-hybridized carbons (Fsp3) is 0.786. The van der Waals surface area contributed by atoms with Gasteiger partial charge in [0.15, 0.2) is 0 Å². The number of ether oxygens (including phenoxy) is 3. The smallest absolute Gasteiger partial charge is 0.343 e. The molecule has 1 unspecified atom stereocenters. The van der Waals surface area contributed by atoms with Crippen molar-refractivity contribution >= 4 is 17.8 Å². The lowest BCUT2D eigenvalue weighted by molar-refractivity contribution is -0.169. The Morgan fingerprint density at radius 1 is 1.19 bits per heavy atom. The Labute approximate surface area is 124 Å². The summed E-state index contributed by atoms with van der Waals surface area (Å²) in [4.78, 5) is 36.1. The van der Waals surface area contributed by atoms with E-state index in [4.69, 9.17) is 14.2 Å². The molecule has 7 nitrogen and oxygen atoms in total. The van der Waals surface area contributed by atoms with E-state index >= 15 is 0 Å². The Morgan fingerprint density at radius 2 is 1.76 bits per heavy atom. The van der Waals surface area contributed by atoms with Gasteiger partial charge in [-0.3, -0.25) is 4.79 Å². The third-order valence-corrected chi connectivity index (χ3v) is 3.26. The first-order valence-corrected chi connectivity index (χ1v) is 7.17. The normalized spacial score (nSPS) is 18.1. The van der Waals surface area contributed by atoms with E-state index in [1.807, 2.05) is 0 Å². The van der Waals surface area contributed by atoms with Gasteiger partial charge in [-0.05, 0) is 32.6 Å². The summed E-state index contributed by atoms with van der Waals surface area (Å²) >= 11 is 0. The average Bonchev–Trinajstić information content (AvgIpc) is 2.90. The molecule has 0 saturated carbocycles. The minimum Gasteiger partial charge on any atom is -0.464 e. The number of hydrogen-bond donors (Lipinski definition) is 1. The van der Waals surface area contributed by atoms with Crippen molar-refractivity contribution in [2.75, 3.05) is 26.4 Å². The van der Waals surface area contributed by atoms with Gasteiger partial charge in [0, 0.05) is 20.1 Å². The number of carbonyl (C=O) groups is 3. The first kappa shape index (κ1) is 17.4. The minimum absolute atomic E-state index is 0.00865. The maximum Gasteiger partial charge on any atom is 0.343 e. The minimum atomic E-state index is -1.80. The number of hydrogen-bond acceptors (Lipinski definition) is 6. The van der Waals surface area contributed by atoms with Crippen LogP contribution in [-0.4, -0.2) is 49.8 Å². The molecule has 1 heterocycles. The Morgan fingerprint density at radius 3 is 2.14 bits per heavy atom. The maximum atomic E-state index is 12.3. The van der Waals surface area contributed by atoms with Crippen LogP contribution in [0.5, 0.6) is 0 Å². The van der Waals surface area contributed by atoms with Crippen LogP contribution in [0.15, 0.2) is 0 Å². The number of nitrogens with one attached hydrogen (secondary N) is 1. The van der Waals surface area contributed by atoms with Gasteiger partial charge in [0.05, 0.1) is 13.2 Å². The molecule has 1 fully saturated rings. The van der Waals surface area contributed by atoms with Crippen molar-refractivity contribution < 1.29 is 28.6 Å². The van der Waals surface area contributed by atoms with Gasteiger partial charge in [-0.15, -0.1) is 0 Å². The summed E-state index contributed by atoms with van der Waals surface area (Å²) < 4.78 is 15.3. The Balaban J connectivity index is 3.07. The van der Waals surface area contributed by atoms with E-state index < -0.39 is 23.4 Å². The highest BCUT2D eigenvalue weighted by atomic mass is 16.6. The molecule has 0 aromatic carbocycles. The lowest BCUT2D eigenvalue weighted by Crippen LogP contribution is -2.62. The molecule has 0 bridgehead atoms. The van der Waals surface area contributed by atoms with Crippen molar-refractivity contribution in [1.82, 2.24) is 5.32 Å². The number of esters is 2. The molecule has 1 atom stereocenters. The van der Waals surface area contributed by atoms with E-state index in [9.17, 15) is 14.4 Å². The van der Waals surface area contributed by atoms with Crippen LogP contribution in [0.4, 0.5) is 0 Å². The van der Waals surface area contributed by atoms with Crippen molar-refractivity contribution in [3.8, 4) is 0 Å².